The van der Waals surface area contributed by atoms with Crippen molar-refractivity contribution in [1.29, 1.82) is 0 Å². The monoisotopic (exact) mass is 215 g/mol. The zero-order chi connectivity index (χ0) is 9.26. The number of benzene rings is 1. The van der Waals surface area contributed by atoms with Gasteiger partial charge in [0, 0.05) is 12.1 Å². The van der Waals surface area contributed by atoms with Crippen molar-refractivity contribution < 1.29 is 4.39 Å². The molecule has 14 heavy (non-hydrogen) atoms. The fourth-order valence-corrected chi connectivity index (χ4v) is 1.48. The van der Waals surface area contributed by atoms with Crippen molar-refractivity contribution in [3.63, 3.8) is 0 Å². The van der Waals surface area contributed by atoms with Crippen LogP contribution in [-0.2, 0) is 0 Å². The number of halogens is 2. The predicted molar refractivity (Wildman–Crippen MR) is 58.2 cm³/mol. The van der Waals surface area contributed by atoms with E-state index in [1.807, 2.05) is 6.07 Å². The first kappa shape index (κ1) is 11.5. The summed E-state index contributed by atoms with van der Waals surface area (Å²) < 4.78 is 12.9. The second kappa shape index (κ2) is 4.76. The van der Waals surface area contributed by atoms with Crippen LogP contribution in [0.2, 0.25) is 0 Å². The number of rotatable bonds is 3. The van der Waals surface area contributed by atoms with Crippen molar-refractivity contribution in [2.75, 3.05) is 0 Å². The molecule has 1 aromatic rings. The Morgan fingerprint density at radius 1 is 1.43 bits per heavy atom. The lowest BCUT2D eigenvalue weighted by Crippen LogP contribution is -2.20. The van der Waals surface area contributed by atoms with E-state index in [2.05, 4.69) is 12.2 Å². The summed E-state index contributed by atoms with van der Waals surface area (Å²) in [5.41, 5.74) is 1.03. The Labute approximate surface area is 90.1 Å². The average molecular weight is 216 g/mol. The second-order valence-electron chi connectivity index (χ2n) is 3.72. The van der Waals surface area contributed by atoms with E-state index in [-0.39, 0.29) is 24.3 Å². The Bertz CT molecular complexity index is 299. The van der Waals surface area contributed by atoms with E-state index in [9.17, 15) is 4.39 Å². The van der Waals surface area contributed by atoms with Gasteiger partial charge in [0.1, 0.15) is 5.82 Å². The molecule has 0 aromatic heterocycles. The lowest BCUT2D eigenvalue weighted by molar-refractivity contribution is 0.562. The van der Waals surface area contributed by atoms with Crippen LogP contribution >= 0.6 is 12.4 Å². The molecule has 0 saturated heterocycles. The Balaban J connectivity index is 0.000000980. The molecule has 0 heterocycles. The van der Waals surface area contributed by atoms with E-state index in [4.69, 9.17) is 0 Å². The molecule has 0 radical (unpaired) electrons. The van der Waals surface area contributed by atoms with Gasteiger partial charge in [-0.2, -0.15) is 0 Å². The normalized spacial score (nSPS) is 17.3. The van der Waals surface area contributed by atoms with Gasteiger partial charge >= 0.3 is 0 Å². The molecular weight excluding hydrogens is 201 g/mol. The van der Waals surface area contributed by atoms with Gasteiger partial charge in [-0.05, 0) is 37.5 Å². The van der Waals surface area contributed by atoms with Crippen molar-refractivity contribution >= 4 is 12.4 Å². The van der Waals surface area contributed by atoms with E-state index < -0.39 is 0 Å². The van der Waals surface area contributed by atoms with Crippen LogP contribution in [0.1, 0.15) is 31.4 Å². The first-order valence-electron chi connectivity index (χ1n) is 4.77. The van der Waals surface area contributed by atoms with E-state index in [0.29, 0.717) is 6.04 Å². The summed E-state index contributed by atoms with van der Waals surface area (Å²) in [7, 11) is 0. The molecule has 1 aliphatic carbocycles. The Hall–Kier alpha value is -0.600. The zero-order valence-electron chi connectivity index (χ0n) is 8.16. The van der Waals surface area contributed by atoms with Gasteiger partial charge in [-0.15, -0.1) is 12.4 Å². The van der Waals surface area contributed by atoms with Crippen LogP contribution in [0.4, 0.5) is 4.39 Å². The highest BCUT2D eigenvalue weighted by molar-refractivity contribution is 5.85. The second-order valence-corrected chi connectivity index (χ2v) is 3.72. The quantitative estimate of drug-likeness (QED) is 0.817. The molecule has 78 valence electrons. The van der Waals surface area contributed by atoms with E-state index in [1.54, 1.807) is 12.1 Å². The fraction of sp³-hybridized carbons (Fsp3) is 0.455. The predicted octanol–water partition coefficient (Wildman–Crippen LogP) is 3.06. The van der Waals surface area contributed by atoms with Gasteiger partial charge in [-0.3, -0.25) is 0 Å². The highest BCUT2D eigenvalue weighted by Gasteiger charge is 2.23. The van der Waals surface area contributed by atoms with Crippen molar-refractivity contribution in [2.24, 2.45) is 0 Å². The van der Waals surface area contributed by atoms with Crippen LogP contribution in [-0.4, -0.2) is 6.04 Å². The lowest BCUT2D eigenvalue weighted by atomic mass is 10.1. The maximum Gasteiger partial charge on any atom is 0.123 e. The third kappa shape index (κ3) is 2.96. The molecule has 0 bridgehead atoms. The van der Waals surface area contributed by atoms with Crippen LogP contribution in [0.15, 0.2) is 24.3 Å². The first-order chi connectivity index (χ1) is 6.25. The van der Waals surface area contributed by atoms with E-state index in [1.165, 1.54) is 18.9 Å². The molecular formula is C11H15ClFN. The number of nitrogens with one attached hydrogen (secondary N) is 1. The standard InChI is InChI=1S/C11H14FN.ClH/c1-8(13-11-5-6-11)9-3-2-4-10(12)7-9;/h2-4,7-8,11,13H,5-6H2,1H3;1H/t8-;/m1./s1. The molecule has 1 aromatic carbocycles. The largest absolute Gasteiger partial charge is 0.307 e. The lowest BCUT2D eigenvalue weighted by Gasteiger charge is -2.13. The number of hydrogen-bond donors (Lipinski definition) is 1. The van der Waals surface area contributed by atoms with Crippen LogP contribution in [0, 0.1) is 5.82 Å². The minimum Gasteiger partial charge on any atom is -0.307 e. The Morgan fingerprint density at radius 3 is 2.71 bits per heavy atom. The first-order valence-corrected chi connectivity index (χ1v) is 4.77. The topological polar surface area (TPSA) is 12.0 Å². The minimum absolute atomic E-state index is 0. The van der Waals surface area contributed by atoms with Gasteiger partial charge < -0.3 is 5.32 Å². The van der Waals surface area contributed by atoms with E-state index in [0.717, 1.165) is 5.56 Å². The molecule has 1 fully saturated rings. The van der Waals surface area contributed by atoms with E-state index >= 15 is 0 Å². The van der Waals surface area contributed by atoms with Crippen molar-refractivity contribution in [3.05, 3.63) is 35.6 Å². The summed E-state index contributed by atoms with van der Waals surface area (Å²) in [6.45, 7) is 2.08. The van der Waals surface area contributed by atoms with Crippen LogP contribution in [0.5, 0.6) is 0 Å². The third-order valence-electron chi connectivity index (χ3n) is 2.41. The van der Waals surface area contributed by atoms with Crippen LogP contribution < -0.4 is 5.32 Å². The SMILES string of the molecule is C[C@@H](NC1CC1)c1cccc(F)c1.Cl. The number of hydrogen-bond acceptors (Lipinski definition) is 1. The highest BCUT2D eigenvalue weighted by atomic mass is 35.5. The maximum absolute atomic E-state index is 12.9. The van der Waals surface area contributed by atoms with Crippen molar-refractivity contribution in [2.45, 2.75) is 31.8 Å². The minimum atomic E-state index is -0.151. The summed E-state index contributed by atoms with van der Waals surface area (Å²) in [5.74, 6) is -0.151. The molecule has 1 N–H and O–H groups in total. The molecule has 1 atom stereocenters. The van der Waals surface area contributed by atoms with Gasteiger partial charge in [0.15, 0.2) is 0 Å². The molecule has 1 aliphatic rings. The van der Waals surface area contributed by atoms with Gasteiger partial charge in [0.05, 0.1) is 0 Å². The molecule has 2 rings (SSSR count). The summed E-state index contributed by atoms with van der Waals surface area (Å²) in [6.07, 6.45) is 2.53. The summed E-state index contributed by atoms with van der Waals surface area (Å²) in [4.78, 5) is 0. The summed E-state index contributed by atoms with van der Waals surface area (Å²) in [6, 6.07) is 7.73. The molecule has 1 saturated carbocycles. The smallest absolute Gasteiger partial charge is 0.123 e. The Kier molecular flexibility index (Phi) is 3.90. The van der Waals surface area contributed by atoms with Gasteiger partial charge in [0.2, 0.25) is 0 Å². The molecule has 0 amide bonds. The Morgan fingerprint density at radius 2 is 2.14 bits per heavy atom. The van der Waals surface area contributed by atoms with Crippen molar-refractivity contribution in [1.82, 2.24) is 5.32 Å². The van der Waals surface area contributed by atoms with Crippen LogP contribution in [0.25, 0.3) is 0 Å². The highest BCUT2D eigenvalue weighted by Crippen LogP contribution is 2.23. The summed E-state index contributed by atoms with van der Waals surface area (Å²) in [5, 5.41) is 3.43. The molecule has 0 aliphatic heterocycles. The average Bonchev–Trinajstić information content (AvgIpc) is 2.88. The van der Waals surface area contributed by atoms with Gasteiger partial charge in [0.25, 0.3) is 0 Å². The van der Waals surface area contributed by atoms with Crippen molar-refractivity contribution in [3.8, 4) is 0 Å². The molecule has 0 spiro atoms. The van der Waals surface area contributed by atoms with Gasteiger partial charge in [-0.25, -0.2) is 4.39 Å². The summed E-state index contributed by atoms with van der Waals surface area (Å²) >= 11 is 0. The fourth-order valence-electron chi connectivity index (χ4n) is 1.48. The zero-order valence-corrected chi connectivity index (χ0v) is 8.98. The maximum atomic E-state index is 12.9. The van der Waals surface area contributed by atoms with Gasteiger partial charge in [-0.1, -0.05) is 12.1 Å². The molecule has 0 unspecified atom stereocenters. The van der Waals surface area contributed by atoms with Crippen LogP contribution in [0.3, 0.4) is 0 Å². The molecule has 1 nitrogen and oxygen atoms in total. The third-order valence-corrected chi connectivity index (χ3v) is 2.41. The molecule has 3 heteroatoms.